The lowest BCUT2D eigenvalue weighted by atomic mass is 10.0. The molecule has 0 saturated heterocycles. The number of carbonyl (C=O) groups excluding carboxylic acids is 1. The molecule has 0 spiro atoms. The summed E-state index contributed by atoms with van der Waals surface area (Å²) in [5.74, 6) is 0.696. The molecule has 0 radical (unpaired) electrons. The average molecular weight is 635 g/mol. The first-order valence-electron chi connectivity index (χ1n) is 14.8. The summed E-state index contributed by atoms with van der Waals surface area (Å²) in [6.07, 6.45) is 1.83. The lowest BCUT2D eigenvalue weighted by molar-refractivity contribution is 0.0985. The standard InChI is InChI=1S/C37H34N2O4S2/c1-45(41,42)39(26-27-11-4-2-5-12-27)30-16-10-15-29(23-30)35(40)25-38-34(28-13-6-3-7-14-28)21-22-43-31-19-20-33-32-17-8-9-18-36(32)44-37(33)24-31/h2-20,23-24,34,38H,21-22,25-26H2,1H3. The second-order valence-corrected chi connectivity index (χ2v) is 14.0. The van der Waals surface area contributed by atoms with Crippen molar-refractivity contribution in [3.05, 3.63) is 144 Å². The molecule has 6 rings (SSSR count). The average Bonchev–Trinajstić information content (AvgIpc) is 3.43. The van der Waals surface area contributed by atoms with Crippen LogP contribution in [0.25, 0.3) is 20.2 Å². The zero-order chi connectivity index (χ0) is 31.2. The first-order valence-corrected chi connectivity index (χ1v) is 17.5. The molecule has 0 fully saturated rings. The molecular formula is C37H34N2O4S2. The van der Waals surface area contributed by atoms with Crippen LogP contribution in [0.15, 0.2) is 127 Å². The van der Waals surface area contributed by atoms with E-state index in [1.807, 2.05) is 66.7 Å². The molecule has 1 aromatic heterocycles. The zero-order valence-electron chi connectivity index (χ0n) is 24.9. The minimum atomic E-state index is -3.58. The predicted octanol–water partition coefficient (Wildman–Crippen LogP) is 8.00. The maximum Gasteiger partial charge on any atom is 0.232 e. The van der Waals surface area contributed by atoms with Gasteiger partial charge in [-0.1, -0.05) is 91.0 Å². The fraction of sp³-hybridized carbons (Fsp3) is 0.162. The fourth-order valence-corrected chi connectivity index (χ4v) is 7.48. The van der Waals surface area contributed by atoms with E-state index in [1.165, 1.54) is 30.7 Å². The maximum atomic E-state index is 13.4. The predicted molar refractivity (Wildman–Crippen MR) is 185 cm³/mol. The largest absolute Gasteiger partial charge is 0.493 e. The molecule has 0 aliphatic rings. The summed E-state index contributed by atoms with van der Waals surface area (Å²) in [7, 11) is -3.58. The molecule has 0 amide bonds. The van der Waals surface area contributed by atoms with Gasteiger partial charge in [0, 0.05) is 38.2 Å². The van der Waals surface area contributed by atoms with Gasteiger partial charge in [0.25, 0.3) is 0 Å². The number of Topliss-reactive ketones (excluding diaryl/α,β-unsaturated/α-hetero) is 1. The van der Waals surface area contributed by atoms with Gasteiger partial charge in [-0.15, -0.1) is 11.3 Å². The second-order valence-electron chi connectivity index (χ2n) is 11.0. The summed E-state index contributed by atoms with van der Waals surface area (Å²) in [6.45, 7) is 0.741. The number of nitrogens with zero attached hydrogens (tertiary/aromatic N) is 1. The minimum absolute atomic E-state index is 0.0916. The molecule has 8 heteroatoms. The summed E-state index contributed by atoms with van der Waals surface area (Å²) < 4.78 is 35.4. The van der Waals surface area contributed by atoms with Crippen molar-refractivity contribution in [3.63, 3.8) is 0 Å². The summed E-state index contributed by atoms with van der Waals surface area (Å²) in [5.41, 5.74) is 2.82. The van der Waals surface area contributed by atoms with Crippen LogP contribution in [-0.2, 0) is 16.6 Å². The Bertz CT molecular complexity index is 2030. The Morgan fingerprint density at radius 3 is 2.29 bits per heavy atom. The Balaban J connectivity index is 1.13. The minimum Gasteiger partial charge on any atom is -0.493 e. The molecule has 6 nitrogen and oxygen atoms in total. The Kier molecular flexibility index (Phi) is 9.26. The molecule has 1 atom stereocenters. The molecule has 5 aromatic carbocycles. The number of rotatable bonds is 13. The number of carbonyl (C=O) groups is 1. The van der Waals surface area contributed by atoms with Crippen molar-refractivity contribution in [2.75, 3.05) is 23.7 Å². The third kappa shape index (κ3) is 7.42. The van der Waals surface area contributed by atoms with Gasteiger partial charge in [0.15, 0.2) is 5.78 Å². The molecule has 0 saturated carbocycles. The van der Waals surface area contributed by atoms with Crippen molar-refractivity contribution in [1.82, 2.24) is 5.32 Å². The second kappa shape index (κ2) is 13.6. The molecule has 45 heavy (non-hydrogen) atoms. The summed E-state index contributed by atoms with van der Waals surface area (Å²) >= 11 is 1.76. The van der Waals surface area contributed by atoms with Gasteiger partial charge >= 0.3 is 0 Å². The van der Waals surface area contributed by atoms with Gasteiger partial charge in [0.1, 0.15) is 5.75 Å². The molecule has 6 aromatic rings. The van der Waals surface area contributed by atoms with Gasteiger partial charge in [-0.2, -0.15) is 0 Å². The van der Waals surface area contributed by atoms with Gasteiger partial charge in [-0.3, -0.25) is 9.10 Å². The number of hydrogen-bond donors (Lipinski definition) is 1. The number of benzene rings is 5. The maximum absolute atomic E-state index is 13.4. The number of nitrogens with one attached hydrogen (secondary N) is 1. The molecular weight excluding hydrogens is 601 g/mol. The van der Waals surface area contributed by atoms with Crippen molar-refractivity contribution in [3.8, 4) is 5.75 Å². The number of anilines is 1. The van der Waals surface area contributed by atoms with Gasteiger partial charge in [0.05, 0.1) is 31.6 Å². The molecule has 1 N–H and O–H groups in total. The van der Waals surface area contributed by atoms with Crippen LogP contribution in [0, 0.1) is 0 Å². The van der Waals surface area contributed by atoms with Gasteiger partial charge in [-0.25, -0.2) is 8.42 Å². The van der Waals surface area contributed by atoms with E-state index in [4.69, 9.17) is 4.74 Å². The third-order valence-electron chi connectivity index (χ3n) is 7.76. The third-order valence-corrected chi connectivity index (χ3v) is 10.0. The van der Waals surface area contributed by atoms with Gasteiger partial charge < -0.3 is 10.1 Å². The number of fused-ring (bicyclic) bond motifs is 3. The SMILES string of the molecule is CS(=O)(=O)N(Cc1ccccc1)c1cccc(C(=O)CNC(CCOc2ccc3c(c2)sc2ccccc23)c2ccccc2)c1. The Morgan fingerprint density at radius 2 is 1.51 bits per heavy atom. The number of ether oxygens (including phenoxy) is 1. The number of hydrogen-bond acceptors (Lipinski definition) is 6. The molecule has 1 unspecified atom stereocenters. The topological polar surface area (TPSA) is 75.7 Å². The van der Waals surface area contributed by atoms with Crippen LogP contribution in [0.1, 0.15) is 33.9 Å². The van der Waals surface area contributed by atoms with Crippen LogP contribution < -0.4 is 14.4 Å². The van der Waals surface area contributed by atoms with E-state index in [9.17, 15) is 13.2 Å². The van der Waals surface area contributed by atoms with E-state index in [2.05, 4.69) is 41.7 Å². The Morgan fingerprint density at radius 1 is 0.800 bits per heavy atom. The molecule has 228 valence electrons. The molecule has 0 aliphatic heterocycles. The van der Waals surface area contributed by atoms with E-state index in [0.29, 0.717) is 24.3 Å². The van der Waals surface area contributed by atoms with E-state index in [0.717, 1.165) is 16.9 Å². The van der Waals surface area contributed by atoms with Crippen LogP contribution in [0.5, 0.6) is 5.75 Å². The van der Waals surface area contributed by atoms with E-state index < -0.39 is 10.0 Å². The Hall–Kier alpha value is -4.50. The smallest absolute Gasteiger partial charge is 0.232 e. The molecule has 1 heterocycles. The lowest BCUT2D eigenvalue weighted by Gasteiger charge is -2.23. The van der Waals surface area contributed by atoms with Crippen molar-refractivity contribution in [2.24, 2.45) is 0 Å². The van der Waals surface area contributed by atoms with Crippen LogP contribution >= 0.6 is 11.3 Å². The monoisotopic (exact) mass is 634 g/mol. The van der Waals surface area contributed by atoms with E-state index in [-0.39, 0.29) is 24.9 Å². The van der Waals surface area contributed by atoms with Crippen LogP contribution in [0.3, 0.4) is 0 Å². The zero-order valence-corrected chi connectivity index (χ0v) is 26.6. The fourth-order valence-electron chi connectivity index (χ4n) is 5.46. The highest BCUT2D eigenvalue weighted by molar-refractivity contribution is 7.92. The van der Waals surface area contributed by atoms with Crippen LogP contribution in [0.4, 0.5) is 5.69 Å². The van der Waals surface area contributed by atoms with E-state index in [1.54, 1.807) is 35.6 Å². The quantitative estimate of drug-likeness (QED) is 0.130. The highest BCUT2D eigenvalue weighted by Gasteiger charge is 2.20. The van der Waals surface area contributed by atoms with Gasteiger partial charge in [0.2, 0.25) is 10.0 Å². The first kappa shape index (κ1) is 30.5. The highest BCUT2D eigenvalue weighted by Crippen LogP contribution is 2.35. The van der Waals surface area contributed by atoms with Crippen LogP contribution in [0.2, 0.25) is 0 Å². The molecule has 0 bridgehead atoms. The Labute approximate surface area is 268 Å². The van der Waals surface area contributed by atoms with E-state index >= 15 is 0 Å². The first-order chi connectivity index (χ1) is 21.8. The number of sulfonamides is 1. The van der Waals surface area contributed by atoms with Crippen molar-refractivity contribution < 1.29 is 17.9 Å². The lowest BCUT2D eigenvalue weighted by Crippen LogP contribution is -2.30. The summed E-state index contributed by atoms with van der Waals surface area (Å²) in [5, 5.41) is 5.92. The highest BCUT2D eigenvalue weighted by atomic mass is 32.2. The summed E-state index contributed by atoms with van der Waals surface area (Å²) in [4.78, 5) is 13.4. The van der Waals surface area contributed by atoms with Gasteiger partial charge in [-0.05, 0) is 47.5 Å². The van der Waals surface area contributed by atoms with Crippen molar-refractivity contribution >= 4 is 53.0 Å². The van der Waals surface area contributed by atoms with Crippen molar-refractivity contribution in [2.45, 2.75) is 19.0 Å². The molecule has 0 aliphatic carbocycles. The normalized spacial score (nSPS) is 12.3. The number of thiophene rings is 1. The summed E-state index contributed by atoms with van der Waals surface area (Å²) in [6, 6.07) is 40.8. The van der Waals surface area contributed by atoms with Crippen molar-refractivity contribution in [1.29, 1.82) is 0 Å². The number of ketones is 1. The van der Waals surface area contributed by atoms with Crippen LogP contribution in [-0.4, -0.2) is 33.6 Å².